The van der Waals surface area contributed by atoms with Crippen LogP contribution < -0.4 is 5.73 Å². The molecule has 94 valence electrons. The van der Waals surface area contributed by atoms with Gasteiger partial charge in [0, 0.05) is 11.6 Å². The molecule has 1 aromatic heterocycles. The van der Waals surface area contributed by atoms with E-state index in [4.69, 9.17) is 11.0 Å². The van der Waals surface area contributed by atoms with Crippen molar-refractivity contribution in [2.75, 3.05) is 5.73 Å². The number of hydrogen-bond acceptors (Lipinski definition) is 4. The smallest absolute Gasteiger partial charge is 0.162 e. The van der Waals surface area contributed by atoms with Crippen LogP contribution in [0.25, 0.3) is 11.4 Å². The Morgan fingerprint density at radius 3 is 2.63 bits per heavy atom. The predicted octanol–water partition coefficient (Wildman–Crippen LogP) is 2.48. The summed E-state index contributed by atoms with van der Waals surface area (Å²) in [5, 5.41) is 8.93. The zero-order valence-corrected chi connectivity index (χ0v) is 10.6. The molecule has 0 spiro atoms. The number of benzene rings is 1. The number of nitrogens with two attached hydrogens (primary N) is 1. The Kier molecular flexibility index (Phi) is 2.88. The van der Waals surface area contributed by atoms with Crippen molar-refractivity contribution < 1.29 is 0 Å². The highest BCUT2D eigenvalue weighted by atomic mass is 14.9. The molecule has 4 nitrogen and oxygen atoms in total. The molecular formula is C15H14N4. The first-order valence-corrected chi connectivity index (χ1v) is 6.43. The van der Waals surface area contributed by atoms with Crippen molar-refractivity contribution in [3.8, 4) is 17.5 Å². The minimum absolute atomic E-state index is 0.306. The Hall–Kier alpha value is -2.41. The highest BCUT2D eigenvalue weighted by Crippen LogP contribution is 2.26. The molecule has 0 saturated carbocycles. The van der Waals surface area contributed by atoms with Gasteiger partial charge < -0.3 is 5.73 Å². The highest BCUT2D eigenvalue weighted by molar-refractivity contribution is 5.60. The fourth-order valence-electron chi connectivity index (χ4n) is 2.52. The van der Waals surface area contributed by atoms with Crippen LogP contribution in [0.15, 0.2) is 24.3 Å². The van der Waals surface area contributed by atoms with E-state index in [2.05, 4.69) is 22.1 Å². The van der Waals surface area contributed by atoms with Crippen molar-refractivity contribution in [3.63, 3.8) is 0 Å². The number of aromatic nitrogens is 2. The van der Waals surface area contributed by atoms with Gasteiger partial charge in [-0.1, -0.05) is 12.1 Å². The molecule has 0 bridgehead atoms. The molecule has 4 heteroatoms. The first kappa shape index (κ1) is 11.7. The number of hydrogen-bond donors (Lipinski definition) is 1. The lowest BCUT2D eigenvalue weighted by atomic mass is 9.90. The SMILES string of the molecule is N#Cc1cc(N)nc(-c2ccc3c(c2)CCCC3)n1. The summed E-state index contributed by atoms with van der Waals surface area (Å²) >= 11 is 0. The fourth-order valence-corrected chi connectivity index (χ4v) is 2.52. The summed E-state index contributed by atoms with van der Waals surface area (Å²) in [6, 6.07) is 9.78. The summed E-state index contributed by atoms with van der Waals surface area (Å²) in [6.07, 6.45) is 4.75. The van der Waals surface area contributed by atoms with Gasteiger partial charge in [0.1, 0.15) is 17.6 Å². The van der Waals surface area contributed by atoms with Crippen molar-refractivity contribution in [1.29, 1.82) is 5.26 Å². The summed E-state index contributed by atoms with van der Waals surface area (Å²) in [6.45, 7) is 0. The van der Waals surface area contributed by atoms with Crippen LogP contribution in [0.3, 0.4) is 0 Å². The second-order valence-electron chi connectivity index (χ2n) is 4.80. The van der Waals surface area contributed by atoms with Crippen molar-refractivity contribution >= 4 is 5.82 Å². The number of rotatable bonds is 1. The standard InChI is InChI=1S/C15H14N4/c16-9-13-8-14(17)19-15(18-13)12-6-5-10-3-1-2-4-11(10)7-12/h5-8H,1-4H2,(H2,17,18,19). The minimum Gasteiger partial charge on any atom is -0.384 e. The van der Waals surface area contributed by atoms with E-state index in [1.807, 2.05) is 12.1 Å². The van der Waals surface area contributed by atoms with Crippen molar-refractivity contribution in [2.45, 2.75) is 25.7 Å². The molecule has 1 aliphatic carbocycles. The summed E-state index contributed by atoms with van der Waals surface area (Å²) in [4.78, 5) is 8.44. The molecule has 2 aromatic rings. The Morgan fingerprint density at radius 2 is 1.84 bits per heavy atom. The minimum atomic E-state index is 0.306. The van der Waals surface area contributed by atoms with Gasteiger partial charge in [-0.25, -0.2) is 9.97 Å². The van der Waals surface area contributed by atoms with Gasteiger partial charge in [0.05, 0.1) is 0 Å². The molecule has 1 aromatic carbocycles. The maximum absolute atomic E-state index is 8.93. The second kappa shape index (κ2) is 4.69. The maximum atomic E-state index is 8.93. The number of aryl methyl sites for hydroxylation is 2. The molecule has 0 fully saturated rings. The zero-order chi connectivity index (χ0) is 13.2. The lowest BCUT2D eigenvalue weighted by molar-refractivity contribution is 0.686. The van der Waals surface area contributed by atoms with E-state index in [9.17, 15) is 0 Å². The van der Waals surface area contributed by atoms with Gasteiger partial charge in [-0.3, -0.25) is 0 Å². The first-order valence-electron chi connectivity index (χ1n) is 6.43. The number of nitrogens with zero attached hydrogens (tertiary/aromatic N) is 3. The number of anilines is 1. The molecular weight excluding hydrogens is 236 g/mol. The van der Waals surface area contributed by atoms with Crippen LogP contribution in [0, 0.1) is 11.3 Å². The second-order valence-corrected chi connectivity index (χ2v) is 4.80. The van der Waals surface area contributed by atoms with Gasteiger partial charge >= 0.3 is 0 Å². The third-order valence-electron chi connectivity index (χ3n) is 3.47. The number of nitriles is 1. The van der Waals surface area contributed by atoms with Crippen LogP contribution in [-0.2, 0) is 12.8 Å². The third kappa shape index (κ3) is 2.27. The molecule has 0 unspecified atom stereocenters. The van der Waals surface area contributed by atoms with E-state index < -0.39 is 0 Å². The third-order valence-corrected chi connectivity index (χ3v) is 3.47. The summed E-state index contributed by atoms with van der Waals surface area (Å²) < 4.78 is 0. The Bertz CT molecular complexity index is 670. The molecule has 0 atom stereocenters. The monoisotopic (exact) mass is 250 g/mol. The van der Waals surface area contributed by atoms with Crippen LogP contribution in [0.4, 0.5) is 5.82 Å². The Labute approximate surface area is 111 Å². The van der Waals surface area contributed by atoms with Crippen molar-refractivity contribution in [1.82, 2.24) is 9.97 Å². The molecule has 1 aliphatic rings. The average Bonchev–Trinajstić information content (AvgIpc) is 2.46. The molecule has 0 radical (unpaired) electrons. The largest absolute Gasteiger partial charge is 0.384 e. The van der Waals surface area contributed by atoms with Crippen LogP contribution in [0.2, 0.25) is 0 Å². The van der Waals surface area contributed by atoms with Gasteiger partial charge in [-0.05, 0) is 42.9 Å². The molecule has 0 aliphatic heterocycles. The summed E-state index contributed by atoms with van der Waals surface area (Å²) in [5.41, 5.74) is 9.73. The van der Waals surface area contributed by atoms with E-state index in [1.54, 1.807) is 0 Å². The van der Waals surface area contributed by atoms with Crippen molar-refractivity contribution in [2.24, 2.45) is 0 Å². The van der Waals surface area contributed by atoms with E-state index in [-0.39, 0.29) is 0 Å². The first-order chi connectivity index (χ1) is 9.26. The van der Waals surface area contributed by atoms with Gasteiger partial charge in [0.15, 0.2) is 5.82 Å². The van der Waals surface area contributed by atoms with Gasteiger partial charge in [-0.2, -0.15) is 5.26 Å². The van der Waals surface area contributed by atoms with Gasteiger partial charge in [0.25, 0.3) is 0 Å². The topological polar surface area (TPSA) is 75.6 Å². The van der Waals surface area contributed by atoms with Crippen LogP contribution in [0.1, 0.15) is 29.7 Å². The van der Waals surface area contributed by atoms with Gasteiger partial charge in [-0.15, -0.1) is 0 Å². The lowest BCUT2D eigenvalue weighted by Crippen LogP contribution is -2.03. The highest BCUT2D eigenvalue weighted by Gasteiger charge is 2.12. The number of fused-ring (bicyclic) bond motifs is 1. The predicted molar refractivity (Wildman–Crippen MR) is 73.2 cm³/mol. The van der Waals surface area contributed by atoms with E-state index in [1.165, 1.54) is 30.0 Å². The summed E-state index contributed by atoms with van der Waals surface area (Å²) in [5.74, 6) is 0.865. The van der Waals surface area contributed by atoms with Crippen LogP contribution >= 0.6 is 0 Å². The Balaban J connectivity index is 2.07. The van der Waals surface area contributed by atoms with E-state index in [0.717, 1.165) is 18.4 Å². The molecule has 0 amide bonds. The lowest BCUT2D eigenvalue weighted by Gasteiger charge is -2.16. The van der Waals surface area contributed by atoms with Crippen LogP contribution in [-0.4, -0.2) is 9.97 Å². The number of nitrogen functional groups attached to an aromatic ring is 1. The average molecular weight is 250 g/mol. The van der Waals surface area contributed by atoms with Crippen LogP contribution in [0.5, 0.6) is 0 Å². The Morgan fingerprint density at radius 1 is 1.05 bits per heavy atom. The van der Waals surface area contributed by atoms with Gasteiger partial charge in [0.2, 0.25) is 0 Å². The molecule has 1 heterocycles. The molecule has 2 N–H and O–H groups in total. The molecule has 19 heavy (non-hydrogen) atoms. The normalized spacial score (nSPS) is 13.6. The van der Waals surface area contributed by atoms with E-state index in [0.29, 0.717) is 17.3 Å². The summed E-state index contributed by atoms with van der Waals surface area (Å²) in [7, 11) is 0. The molecule has 0 saturated heterocycles. The quantitative estimate of drug-likeness (QED) is 0.843. The van der Waals surface area contributed by atoms with E-state index >= 15 is 0 Å². The zero-order valence-electron chi connectivity index (χ0n) is 10.6. The van der Waals surface area contributed by atoms with Crippen molar-refractivity contribution in [3.05, 3.63) is 41.1 Å². The maximum Gasteiger partial charge on any atom is 0.162 e. The fraction of sp³-hybridized carbons (Fsp3) is 0.267. The molecule has 3 rings (SSSR count).